The predicted molar refractivity (Wildman–Crippen MR) is 68.1 cm³/mol. The van der Waals surface area contributed by atoms with Crippen molar-refractivity contribution in [3.63, 3.8) is 0 Å². The lowest BCUT2D eigenvalue weighted by molar-refractivity contribution is -0.371. The molecule has 1 rings (SSSR count). The van der Waals surface area contributed by atoms with Gasteiger partial charge in [0.05, 0.1) is 18.7 Å². The average molecular weight is 322 g/mol. The molecule has 10 nitrogen and oxygen atoms in total. The molecule has 0 amide bonds. The summed E-state index contributed by atoms with van der Waals surface area (Å²) in [6.45, 7) is 0.292. The second kappa shape index (κ2) is 6.87. The Morgan fingerprint density at radius 3 is 2.04 bits per heavy atom. The van der Waals surface area contributed by atoms with Crippen molar-refractivity contribution in [3.05, 3.63) is 0 Å². The Kier molecular flexibility index (Phi) is 5.60. The monoisotopic (exact) mass is 322 g/mol. The number of nitrogens with zero attached hydrogens (tertiary/aromatic N) is 4. The molecular weight excluding hydrogens is 308 g/mol. The minimum atomic E-state index is -2.61. The molecule has 1 heterocycles. The van der Waals surface area contributed by atoms with Crippen LogP contribution in [-0.2, 0) is 9.47 Å². The normalized spacial score (nSPS) is 34.0. The van der Waals surface area contributed by atoms with Crippen LogP contribution in [0.2, 0.25) is 0 Å². The predicted octanol–water partition coefficient (Wildman–Crippen LogP) is -2.36. The fourth-order valence-electron chi connectivity index (χ4n) is 2.18. The van der Waals surface area contributed by atoms with Gasteiger partial charge in [0.15, 0.2) is 11.7 Å². The van der Waals surface area contributed by atoms with E-state index in [0.29, 0.717) is 0 Å². The fourth-order valence-corrected chi connectivity index (χ4v) is 2.18. The van der Waals surface area contributed by atoms with Crippen LogP contribution < -0.4 is 0 Å². The molecule has 1 fully saturated rings. The van der Waals surface area contributed by atoms with E-state index in [4.69, 9.17) is 25.1 Å². The summed E-state index contributed by atoms with van der Waals surface area (Å²) in [5.41, 5.74) is -2.61. The highest BCUT2D eigenvalue weighted by atomic mass is 16.7. The Hall–Kier alpha value is -2.28. The molecular formula is C13H14N4O6. The van der Waals surface area contributed by atoms with E-state index in [9.17, 15) is 25.8 Å². The summed E-state index contributed by atoms with van der Waals surface area (Å²) in [5.74, 6) is -4.06. The highest BCUT2D eigenvalue weighted by molar-refractivity contribution is 5.30. The van der Waals surface area contributed by atoms with Crippen LogP contribution in [0, 0.1) is 51.2 Å². The first-order valence-corrected chi connectivity index (χ1v) is 6.40. The third-order valence-corrected chi connectivity index (χ3v) is 3.52. The standard InChI is InChI=1S/C13H14N4O6/c1-12(11(21)10(20)9(19)8(4-18)22-12)23-13(5-16,6-17)7(2-14)3-15/h7-11,18-21H,4H2,1H3/t8-,9-,10+,11-,12?/m1/s1. The summed E-state index contributed by atoms with van der Waals surface area (Å²) < 4.78 is 10.3. The van der Waals surface area contributed by atoms with Gasteiger partial charge in [0.25, 0.3) is 5.60 Å². The van der Waals surface area contributed by atoms with Gasteiger partial charge in [-0.15, -0.1) is 0 Å². The zero-order valence-electron chi connectivity index (χ0n) is 12.0. The van der Waals surface area contributed by atoms with Gasteiger partial charge >= 0.3 is 0 Å². The molecule has 122 valence electrons. The second-order valence-corrected chi connectivity index (χ2v) is 5.03. The van der Waals surface area contributed by atoms with Crippen LogP contribution in [0.5, 0.6) is 0 Å². The minimum Gasteiger partial charge on any atom is -0.394 e. The number of aliphatic hydroxyl groups excluding tert-OH is 4. The van der Waals surface area contributed by atoms with Gasteiger partial charge in [-0.05, 0) is 6.92 Å². The third kappa shape index (κ3) is 3.10. The first-order chi connectivity index (χ1) is 10.7. The highest BCUT2D eigenvalue weighted by Crippen LogP contribution is 2.36. The third-order valence-electron chi connectivity index (χ3n) is 3.52. The van der Waals surface area contributed by atoms with E-state index in [1.807, 2.05) is 0 Å². The van der Waals surface area contributed by atoms with E-state index in [-0.39, 0.29) is 0 Å². The Morgan fingerprint density at radius 2 is 1.65 bits per heavy atom. The van der Waals surface area contributed by atoms with Crippen molar-refractivity contribution in [1.29, 1.82) is 21.0 Å². The number of rotatable bonds is 4. The number of hydrogen-bond acceptors (Lipinski definition) is 10. The van der Waals surface area contributed by atoms with Crippen LogP contribution in [-0.4, -0.2) is 62.8 Å². The summed E-state index contributed by atoms with van der Waals surface area (Å²) >= 11 is 0. The zero-order chi connectivity index (χ0) is 17.8. The molecule has 0 aromatic heterocycles. The van der Waals surface area contributed by atoms with Crippen molar-refractivity contribution < 1.29 is 29.9 Å². The molecule has 1 aliphatic rings. The number of hydrogen-bond donors (Lipinski definition) is 4. The summed E-state index contributed by atoms with van der Waals surface area (Å²) in [7, 11) is 0. The van der Waals surface area contributed by atoms with Crippen molar-refractivity contribution in [2.24, 2.45) is 5.92 Å². The maximum absolute atomic E-state index is 10.0. The number of aliphatic hydroxyl groups is 4. The van der Waals surface area contributed by atoms with Crippen LogP contribution in [0.4, 0.5) is 0 Å². The molecule has 10 heteroatoms. The minimum absolute atomic E-state index is 0.754. The Labute approximate surface area is 131 Å². The van der Waals surface area contributed by atoms with Gasteiger partial charge in [0, 0.05) is 0 Å². The summed E-state index contributed by atoms with van der Waals surface area (Å²) in [6.07, 6.45) is -6.76. The first kappa shape index (κ1) is 18.8. The van der Waals surface area contributed by atoms with Gasteiger partial charge in [-0.3, -0.25) is 0 Å². The van der Waals surface area contributed by atoms with E-state index >= 15 is 0 Å². The average Bonchev–Trinajstić information content (AvgIpc) is 2.56. The lowest BCUT2D eigenvalue weighted by atomic mass is 9.89. The number of nitriles is 4. The van der Waals surface area contributed by atoms with E-state index in [0.717, 1.165) is 6.92 Å². The van der Waals surface area contributed by atoms with E-state index in [1.54, 1.807) is 0 Å². The molecule has 1 saturated heterocycles. The van der Waals surface area contributed by atoms with Gasteiger partial charge in [-0.2, -0.15) is 21.0 Å². The van der Waals surface area contributed by atoms with E-state index in [2.05, 4.69) is 0 Å². The molecule has 1 unspecified atom stereocenters. The molecule has 0 aromatic carbocycles. The summed E-state index contributed by atoms with van der Waals surface area (Å²) in [4.78, 5) is 0. The Bertz CT molecular complexity index is 584. The quantitative estimate of drug-likeness (QED) is 0.434. The largest absolute Gasteiger partial charge is 0.394 e. The fraction of sp³-hybridized carbons (Fsp3) is 0.692. The van der Waals surface area contributed by atoms with Crippen LogP contribution >= 0.6 is 0 Å². The van der Waals surface area contributed by atoms with Crippen molar-refractivity contribution in [1.82, 2.24) is 0 Å². The van der Waals surface area contributed by atoms with Crippen molar-refractivity contribution in [3.8, 4) is 24.3 Å². The van der Waals surface area contributed by atoms with Crippen LogP contribution in [0.3, 0.4) is 0 Å². The SMILES string of the molecule is CC1(OC(C#N)(C#N)C(C#N)C#N)O[C@H](CO)[C@@H](O)[C@H](O)[C@H]1O. The van der Waals surface area contributed by atoms with Crippen molar-refractivity contribution in [2.75, 3.05) is 6.61 Å². The molecule has 0 saturated carbocycles. The Morgan fingerprint density at radius 1 is 1.13 bits per heavy atom. The molecule has 0 bridgehead atoms. The molecule has 5 atom stereocenters. The van der Waals surface area contributed by atoms with E-state index in [1.165, 1.54) is 24.3 Å². The maximum atomic E-state index is 10.0. The van der Waals surface area contributed by atoms with Gasteiger partial charge in [0.2, 0.25) is 0 Å². The highest BCUT2D eigenvalue weighted by Gasteiger charge is 2.57. The van der Waals surface area contributed by atoms with Gasteiger partial charge < -0.3 is 29.9 Å². The summed E-state index contributed by atoms with van der Waals surface area (Å²) in [6, 6.07) is 5.65. The molecule has 0 aliphatic carbocycles. The van der Waals surface area contributed by atoms with Crippen LogP contribution in [0.1, 0.15) is 6.92 Å². The molecule has 4 N–H and O–H groups in total. The lowest BCUT2D eigenvalue weighted by Crippen LogP contribution is -2.67. The van der Waals surface area contributed by atoms with Gasteiger partial charge in [0.1, 0.15) is 36.6 Å². The van der Waals surface area contributed by atoms with Crippen molar-refractivity contribution in [2.45, 2.75) is 42.7 Å². The molecule has 0 aromatic rings. The van der Waals surface area contributed by atoms with Crippen LogP contribution in [0.25, 0.3) is 0 Å². The van der Waals surface area contributed by atoms with Crippen LogP contribution in [0.15, 0.2) is 0 Å². The molecule has 23 heavy (non-hydrogen) atoms. The molecule has 0 radical (unpaired) electrons. The zero-order valence-corrected chi connectivity index (χ0v) is 12.0. The molecule has 1 aliphatic heterocycles. The van der Waals surface area contributed by atoms with Gasteiger partial charge in [-0.1, -0.05) is 0 Å². The first-order valence-electron chi connectivity index (χ1n) is 6.40. The Balaban J connectivity index is 3.27. The topological polar surface area (TPSA) is 195 Å². The molecule has 0 spiro atoms. The second-order valence-electron chi connectivity index (χ2n) is 5.03. The smallest absolute Gasteiger partial charge is 0.272 e. The summed E-state index contributed by atoms with van der Waals surface area (Å²) in [5, 5.41) is 74.8. The van der Waals surface area contributed by atoms with Crippen molar-refractivity contribution >= 4 is 0 Å². The van der Waals surface area contributed by atoms with E-state index < -0.39 is 48.3 Å². The number of ether oxygens (including phenoxy) is 2. The lowest BCUT2D eigenvalue weighted by Gasteiger charge is -2.47. The van der Waals surface area contributed by atoms with Gasteiger partial charge in [-0.25, -0.2) is 0 Å². The maximum Gasteiger partial charge on any atom is 0.272 e.